The SMILES string of the molecule is FC(F)(F)c1ccc2c(c1)N(CCC[NH+]1CC[NH+](CCCl)CC1)c1ccccc1S2.[Cl-].[Cl-]. The molecule has 3 nitrogen and oxygen atoms in total. The maximum Gasteiger partial charge on any atom is 0.416 e. The summed E-state index contributed by atoms with van der Waals surface area (Å²) in [5, 5.41) is 0. The van der Waals surface area contributed by atoms with Crippen LogP contribution in [0.4, 0.5) is 24.5 Å². The zero-order chi connectivity index (χ0) is 21.1. The molecule has 2 aliphatic rings. The van der Waals surface area contributed by atoms with Gasteiger partial charge in [0.1, 0.15) is 26.2 Å². The Labute approximate surface area is 209 Å². The number of rotatable bonds is 6. The lowest BCUT2D eigenvalue weighted by atomic mass is 10.1. The van der Waals surface area contributed by atoms with Gasteiger partial charge in [0.25, 0.3) is 0 Å². The third-order valence-corrected chi connectivity index (χ3v) is 7.30. The quantitative estimate of drug-likeness (QED) is 0.382. The van der Waals surface area contributed by atoms with Gasteiger partial charge in [0, 0.05) is 22.8 Å². The smallest absolute Gasteiger partial charge is 0.416 e. The fourth-order valence-electron chi connectivity index (χ4n) is 4.32. The van der Waals surface area contributed by atoms with Gasteiger partial charge in [-0.1, -0.05) is 23.9 Å². The van der Waals surface area contributed by atoms with Crippen LogP contribution in [0.3, 0.4) is 0 Å². The molecule has 0 unspecified atom stereocenters. The van der Waals surface area contributed by atoms with Crippen LogP contribution in [0.25, 0.3) is 0 Å². The molecule has 1 saturated heterocycles. The largest absolute Gasteiger partial charge is 1.00 e. The molecule has 178 valence electrons. The molecule has 2 aliphatic heterocycles. The predicted molar refractivity (Wildman–Crippen MR) is 115 cm³/mol. The molecule has 0 saturated carbocycles. The number of fused-ring (bicyclic) bond motifs is 2. The zero-order valence-corrected chi connectivity index (χ0v) is 20.6. The summed E-state index contributed by atoms with van der Waals surface area (Å²) in [6.07, 6.45) is -3.40. The zero-order valence-electron chi connectivity index (χ0n) is 17.5. The number of anilines is 2. The minimum Gasteiger partial charge on any atom is -1.00 e. The maximum atomic E-state index is 13.3. The van der Waals surface area contributed by atoms with Gasteiger partial charge in [0.2, 0.25) is 0 Å². The van der Waals surface area contributed by atoms with Crippen molar-refractivity contribution >= 4 is 34.7 Å². The molecule has 0 aliphatic carbocycles. The second-order valence-electron chi connectivity index (χ2n) is 7.94. The number of nitrogens with zero attached hydrogens (tertiary/aromatic N) is 1. The molecule has 0 atom stereocenters. The third-order valence-electron chi connectivity index (χ3n) is 5.98. The first-order valence-corrected chi connectivity index (χ1v) is 11.8. The van der Waals surface area contributed by atoms with Crippen molar-refractivity contribution in [2.45, 2.75) is 22.4 Å². The number of quaternary nitrogens is 2. The fourth-order valence-corrected chi connectivity index (χ4v) is 5.67. The van der Waals surface area contributed by atoms with Crippen molar-refractivity contribution in [2.24, 2.45) is 0 Å². The topological polar surface area (TPSA) is 12.1 Å². The summed E-state index contributed by atoms with van der Waals surface area (Å²) in [4.78, 5) is 7.20. The van der Waals surface area contributed by atoms with Crippen LogP contribution in [0.15, 0.2) is 52.3 Å². The average molecular weight is 529 g/mol. The molecule has 10 heteroatoms. The summed E-state index contributed by atoms with van der Waals surface area (Å²) in [5.41, 5.74) is 1.08. The standard InChI is InChI=1S/C22H25ClF3N3S.2ClH/c23-8-11-28-14-12-27(13-15-28)9-3-10-29-18-4-1-2-5-20(18)30-21-7-6-17(16-19(21)29)22(24,25)26;;/h1-2,4-7,16H,3,8-15H2;2*1H. The summed E-state index contributed by atoms with van der Waals surface area (Å²) in [6, 6.07) is 12.1. The van der Waals surface area contributed by atoms with Gasteiger partial charge in [0.15, 0.2) is 0 Å². The molecule has 0 aromatic heterocycles. The van der Waals surface area contributed by atoms with E-state index in [-0.39, 0.29) is 24.8 Å². The highest BCUT2D eigenvalue weighted by Gasteiger charge is 2.33. The number of halogens is 6. The molecule has 32 heavy (non-hydrogen) atoms. The fraction of sp³-hybridized carbons (Fsp3) is 0.455. The summed E-state index contributed by atoms with van der Waals surface area (Å²) >= 11 is 7.40. The Morgan fingerprint density at radius 2 is 1.50 bits per heavy atom. The third kappa shape index (κ3) is 6.39. The molecule has 2 heterocycles. The van der Waals surface area contributed by atoms with E-state index < -0.39 is 11.7 Å². The van der Waals surface area contributed by atoms with Crippen molar-refractivity contribution in [3.05, 3.63) is 48.0 Å². The van der Waals surface area contributed by atoms with E-state index >= 15 is 0 Å². The van der Waals surface area contributed by atoms with Crippen molar-refractivity contribution < 1.29 is 47.8 Å². The van der Waals surface area contributed by atoms with Gasteiger partial charge in [0.05, 0.1) is 35.9 Å². The monoisotopic (exact) mass is 527 g/mol. The summed E-state index contributed by atoms with van der Waals surface area (Å²) < 4.78 is 40.0. The van der Waals surface area contributed by atoms with E-state index in [1.807, 2.05) is 24.3 Å². The van der Waals surface area contributed by atoms with Crippen molar-refractivity contribution in [3.63, 3.8) is 0 Å². The van der Waals surface area contributed by atoms with E-state index in [4.69, 9.17) is 11.6 Å². The van der Waals surface area contributed by atoms with Crippen LogP contribution in [0.5, 0.6) is 0 Å². The van der Waals surface area contributed by atoms with Crippen LogP contribution in [0.2, 0.25) is 0 Å². The molecule has 0 spiro atoms. The molecule has 1 fully saturated rings. The second-order valence-corrected chi connectivity index (χ2v) is 9.41. The summed E-state index contributed by atoms with van der Waals surface area (Å²) in [5.74, 6) is 0.705. The molecule has 0 radical (unpaired) electrons. The van der Waals surface area contributed by atoms with Gasteiger partial charge in [-0.15, -0.1) is 11.6 Å². The van der Waals surface area contributed by atoms with Crippen LogP contribution in [0.1, 0.15) is 12.0 Å². The minimum absolute atomic E-state index is 0. The van der Waals surface area contributed by atoms with Crippen molar-refractivity contribution in [1.82, 2.24) is 0 Å². The van der Waals surface area contributed by atoms with Gasteiger partial charge in [-0.2, -0.15) is 13.2 Å². The Kier molecular flexibility index (Phi) is 10.3. The van der Waals surface area contributed by atoms with E-state index in [2.05, 4.69) is 4.90 Å². The van der Waals surface area contributed by atoms with Crippen LogP contribution in [0, 0.1) is 0 Å². The summed E-state index contributed by atoms with van der Waals surface area (Å²) in [7, 11) is 0. The van der Waals surface area contributed by atoms with Crippen molar-refractivity contribution in [2.75, 3.05) is 56.6 Å². The van der Waals surface area contributed by atoms with Gasteiger partial charge < -0.3 is 39.5 Å². The molecule has 0 bridgehead atoms. The Morgan fingerprint density at radius 1 is 0.875 bits per heavy atom. The first-order valence-electron chi connectivity index (χ1n) is 10.4. The maximum absolute atomic E-state index is 13.3. The van der Waals surface area contributed by atoms with Gasteiger partial charge in [-0.05, 0) is 30.3 Å². The molecule has 2 aromatic carbocycles. The van der Waals surface area contributed by atoms with Crippen molar-refractivity contribution in [3.8, 4) is 0 Å². The molecule has 0 amide bonds. The lowest BCUT2D eigenvalue weighted by Crippen LogP contribution is -3.28. The van der Waals surface area contributed by atoms with E-state index in [9.17, 15) is 13.2 Å². The number of hydrogen-bond donors (Lipinski definition) is 2. The lowest BCUT2D eigenvalue weighted by Gasteiger charge is -2.34. The molecule has 4 rings (SSSR count). The Hall–Kier alpha value is -0.830. The Morgan fingerprint density at radius 3 is 2.16 bits per heavy atom. The van der Waals surface area contributed by atoms with Gasteiger partial charge in [-0.25, -0.2) is 0 Å². The number of alkyl halides is 4. The van der Waals surface area contributed by atoms with Crippen LogP contribution in [-0.4, -0.2) is 51.7 Å². The van der Waals surface area contributed by atoms with E-state index in [0.717, 1.165) is 61.2 Å². The highest BCUT2D eigenvalue weighted by Crippen LogP contribution is 2.49. The number of piperazine rings is 1. The highest BCUT2D eigenvalue weighted by molar-refractivity contribution is 7.99. The Balaban J connectivity index is 0.00000181. The number of benzene rings is 2. The molecular formula is C22H27Cl3F3N3S. The molecular weight excluding hydrogens is 502 g/mol. The number of para-hydroxylation sites is 1. The van der Waals surface area contributed by atoms with Crippen LogP contribution in [-0.2, 0) is 6.18 Å². The van der Waals surface area contributed by atoms with E-state index in [1.165, 1.54) is 12.1 Å². The normalized spacial score (nSPS) is 19.9. The first kappa shape index (κ1) is 27.4. The number of hydrogen-bond acceptors (Lipinski definition) is 2. The molecule has 2 aromatic rings. The second kappa shape index (κ2) is 12.0. The van der Waals surface area contributed by atoms with E-state index in [0.29, 0.717) is 18.1 Å². The lowest BCUT2D eigenvalue weighted by molar-refractivity contribution is -1.01. The summed E-state index contributed by atoms with van der Waals surface area (Å²) in [6.45, 7) is 7.32. The first-order chi connectivity index (χ1) is 14.5. The Bertz CT molecular complexity index is 877. The van der Waals surface area contributed by atoms with Gasteiger partial charge >= 0.3 is 6.18 Å². The number of nitrogens with one attached hydrogen (secondary N) is 2. The average Bonchev–Trinajstić information content (AvgIpc) is 2.73. The van der Waals surface area contributed by atoms with Crippen LogP contribution < -0.4 is 39.5 Å². The van der Waals surface area contributed by atoms with E-state index in [1.54, 1.807) is 27.6 Å². The van der Waals surface area contributed by atoms with Crippen molar-refractivity contribution in [1.29, 1.82) is 0 Å². The van der Waals surface area contributed by atoms with Gasteiger partial charge in [-0.3, -0.25) is 0 Å². The molecule has 2 N–H and O–H groups in total. The van der Waals surface area contributed by atoms with Crippen LogP contribution >= 0.6 is 23.4 Å². The predicted octanol–water partition coefficient (Wildman–Crippen LogP) is -3.27. The highest BCUT2D eigenvalue weighted by atomic mass is 35.5. The minimum atomic E-state index is -4.34.